The van der Waals surface area contributed by atoms with Crippen molar-refractivity contribution in [3.05, 3.63) is 100 Å². The first kappa shape index (κ1) is 25.2. The van der Waals surface area contributed by atoms with E-state index >= 15 is 0 Å². The molecule has 9 heteroatoms. The van der Waals surface area contributed by atoms with Gasteiger partial charge in [0.15, 0.2) is 0 Å². The molecule has 2 aliphatic heterocycles. The number of para-hydroxylation sites is 1. The number of likely N-dealkylation sites (tertiary alicyclic amines) is 1. The molecule has 0 spiro atoms. The number of amides is 1. The highest BCUT2D eigenvalue weighted by molar-refractivity contribution is 6.31. The Balaban J connectivity index is 1.33. The van der Waals surface area contributed by atoms with E-state index in [-0.39, 0.29) is 5.91 Å². The van der Waals surface area contributed by atoms with E-state index in [4.69, 9.17) is 21.6 Å². The SMILES string of the molecule is CNC1CCN(C(=O)c2ccccc2Nc2ncc3c(n2)-c2ccc(Cl)cc2C(c2ccccn2)=NC3)CC1. The minimum atomic E-state index is 0.0100. The number of hydrogen-bond donors (Lipinski definition) is 2. The molecular weight excluding hydrogens is 510 g/mol. The van der Waals surface area contributed by atoms with Crippen LogP contribution in [0, 0.1) is 0 Å². The third kappa shape index (κ3) is 5.13. The molecule has 0 radical (unpaired) electrons. The highest BCUT2D eigenvalue weighted by atomic mass is 35.5. The Morgan fingerprint density at radius 2 is 1.82 bits per heavy atom. The zero-order chi connectivity index (χ0) is 26.8. The molecule has 0 aliphatic carbocycles. The van der Waals surface area contributed by atoms with Crippen molar-refractivity contribution in [1.29, 1.82) is 0 Å². The first-order chi connectivity index (χ1) is 19.1. The number of carbonyl (C=O) groups is 1. The topological polar surface area (TPSA) is 95.4 Å². The molecule has 1 saturated heterocycles. The number of carbonyl (C=O) groups excluding carboxylic acids is 1. The Kier molecular flexibility index (Phi) is 7.04. The van der Waals surface area contributed by atoms with Gasteiger partial charge in [0.1, 0.15) is 0 Å². The quantitative estimate of drug-likeness (QED) is 0.367. The Labute approximate surface area is 232 Å². The van der Waals surface area contributed by atoms with Gasteiger partial charge >= 0.3 is 0 Å². The van der Waals surface area contributed by atoms with Crippen LogP contribution < -0.4 is 10.6 Å². The van der Waals surface area contributed by atoms with Gasteiger partial charge in [-0.2, -0.15) is 0 Å². The number of pyridine rings is 1. The fourth-order valence-corrected chi connectivity index (χ4v) is 5.32. The van der Waals surface area contributed by atoms with Gasteiger partial charge in [0.2, 0.25) is 5.95 Å². The normalized spacial score (nSPS) is 15.1. The molecule has 4 aromatic rings. The van der Waals surface area contributed by atoms with E-state index in [1.54, 1.807) is 12.4 Å². The second kappa shape index (κ2) is 10.9. The predicted octanol–water partition coefficient (Wildman–Crippen LogP) is 5.11. The summed E-state index contributed by atoms with van der Waals surface area (Å²) in [5.74, 6) is 0.417. The van der Waals surface area contributed by atoms with E-state index in [0.717, 1.165) is 59.7 Å². The molecular formula is C30H28ClN7O. The summed E-state index contributed by atoms with van der Waals surface area (Å²) in [7, 11) is 1.97. The molecule has 0 unspecified atom stereocenters. The molecule has 0 saturated carbocycles. The summed E-state index contributed by atoms with van der Waals surface area (Å²) in [6.45, 7) is 1.86. The third-order valence-corrected chi connectivity index (χ3v) is 7.50. The number of rotatable bonds is 5. The van der Waals surface area contributed by atoms with Crippen LogP contribution in [-0.4, -0.2) is 57.6 Å². The summed E-state index contributed by atoms with van der Waals surface area (Å²) >= 11 is 6.42. The van der Waals surface area contributed by atoms with Gasteiger partial charge in [-0.3, -0.25) is 14.8 Å². The second-order valence-corrected chi connectivity index (χ2v) is 10.1. The van der Waals surface area contributed by atoms with Crippen molar-refractivity contribution < 1.29 is 4.79 Å². The smallest absolute Gasteiger partial charge is 0.255 e. The van der Waals surface area contributed by atoms with Gasteiger partial charge in [-0.05, 0) is 56.3 Å². The van der Waals surface area contributed by atoms with Gasteiger partial charge in [-0.25, -0.2) is 9.97 Å². The number of benzene rings is 2. The molecule has 4 heterocycles. The monoisotopic (exact) mass is 537 g/mol. The van der Waals surface area contributed by atoms with Crippen LogP contribution in [0.3, 0.4) is 0 Å². The van der Waals surface area contributed by atoms with Gasteiger partial charge in [0, 0.05) is 53.2 Å². The molecule has 2 aromatic carbocycles. The average molecular weight is 538 g/mol. The maximum absolute atomic E-state index is 13.4. The largest absolute Gasteiger partial charge is 0.338 e. The maximum atomic E-state index is 13.4. The Bertz CT molecular complexity index is 1550. The van der Waals surface area contributed by atoms with Crippen molar-refractivity contribution in [2.45, 2.75) is 25.4 Å². The number of anilines is 2. The van der Waals surface area contributed by atoms with Crippen molar-refractivity contribution in [2.75, 3.05) is 25.5 Å². The van der Waals surface area contributed by atoms with Gasteiger partial charge in [-0.15, -0.1) is 0 Å². The summed E-state index contributed by atoms with van der Waals surface area (Å²) in [5.41, 5.74) is 6.24. The Morgan fingerprint density at radius 1 is 1.00 bits per heavy atom. The zero-order valence-electron chi connectivity index (χ0n) is 21.6. The molecule has 196 valence electrons. The van der Waals surface area contributed by atoms with Crippen molar-refractivity contribution in [1.82, 2.24) is 25.2 Å². The number of halogens is 1. The van der Waals surface area contributed by atoms with Crippen molar-refractivity contribution in [3.8, 4) is 11.3 Å². The summed E-state index contributed by atoms with van der Waals surface area (Å²) in [6.07, 6.45) is 5.43. The third-order valence-electron chi connectivity index (χ3n) is 7.27. The lowest BCUT2D eigenvalue weighted by Crippen LogP contribution is -2.44. The maximum Gasteiger partial charge on any atom is 0.255 e. The first-order valence-electron chi connectivity index (χ1n) is 13.1. The Morgan fingerprint density at radius 3 is 2.62 bits per heavy atom. The summed E-state index contributed by atoms with van der Waals surface area (Å²) < 4.78 is 0. The van der Waals surface area contributed by atoms with Crippen LogP contribution in [0.5, 0.6) is 0 Å². The number of aromatic nitrogens is 3. The van der Waals surface area contributed by atoms with Gasteiger partial charge in [0.25, 0.3) is 5.91 Å². The molecule has 6 rings (SSSR count). The fraction of sp³-hybridized carbons (Fsp3) is 0.233. The van der Waals surface area contributed by atoms with Gasteiger partial charge in [0.05, 0.1) is 34.9 Å². The molecule has 0 atom stereocenters. The number of nitrogens with zero attached hydrogens (tertiary/aromatic N) is 5. The highest BCUT2D eigenvalue weighted by Crippen LogP contribution is 2.34. The molecule has 1 fully saturated rings. The molecule has 2 aliphatic rings. The van der Waals surface area contributed by atoms with E-state index < -0.39 is 0 Å². The molecule has 1 amide bonds. The summed E-state index contributed by atoms with van der Waals surface area (Å²) in [4.78, 5) is 34.2. The molecule has 0 bridgehead atoms. The van der Waals surface area contributed by atoms with Crippen LogP contribution >= 0.6 is 11.6 Å². The first-order valence-corrected chi connectivity index (χ1v) is 13.4. The van der Waals surface area contributed by atoms with Crippen molar-refractivity contribution in [3.63, 3.8) is 0 Å². The molecule has 2 N–H and O–H groups in total. The van der Waals surface area contributed by atoms with Gasteiger partial charge in [-0.1, -0.05) is 35.9 Å². The second-order valence-electron chi connectivity index (χ2n) is 9.66. The number of nitrogens with one attached hydrogen (secondary N) is 2. The van der Waals surface area contributed by atoms with E-state index in [1.807, 2.05) is 72.6 Å². The van der Waals surface area contributed by atoms with Crippen molar-refractivity contribution in [2.24, 2.45) is 4.99 Å². The van der Waals surface area contributed by atoms with Crippen LogP contribution in [0.25, 0.3) is 11.3 Å². The van der Waals surface area contributed by atoms with Crippen molar-refractivity contribution >= 4 is 34.9 Å². The van der Waals surface area contributed by atoms with Gasteiger partial charge < -0.3 is 15.5 Å². The lowest BCUT2D eigenvalue weighted by molar-refractivity contribution is 0.0708. The average Bonchev–Trinajstić information content (AvgIpc) is 3.14. The lowest BCUT2D eigenvalue weighted by atomic mass is 9.97. The zero-order valence-corrected chi connectivity index (χ0v) is 22.3. The summed E-state index contributed by atoms with van der Waals surface area (Å²) in [6, 6.07) is 19.5. The van der Waals surface area contributed by atoms with Crippen LogP contribution in [0.1, 0.15) is 40.0 Å². The lowest BCUT2D eigenvalue weighted by Gasteiger charge is -2.32. The molecule has 39 heavy (non-hydrogen) atoms. The van der Waals surface area contributed by atoms with E-state index in [1.165, 1.54) is 0 Å². The fourth-order valence-electron chi connectivity index (χ4n) is 5.15. The predicted molar refractivity (Wildman–Crippen MR) is 154 cm³/mol. The molecule has 8 nitrogen and oxygen atoms in total. The van der Waals surface area contributed by atoms with Crippen LogP contribution in [0.2, 0.25) is 5.02 Å². The number of hydrogen-bond acceptors (Lipinski definition) is 7. The molecule has 2 aromatic heterocycles. The number of fused-ring (bicyclic) bond motifs is 3. The minimum absolute atomic E-state index is 0.0100. The standard InChI is InChI=1S/C30H28ClN7O/c1-32-21-11-14-38(15-12-21)29(39)23-6-2-3-7-25(23)36-30-35-18-19-17-34-28(26-8-4-5-13-33-26)24-16-20(31)9-10-22(24)27(19)37-30/h2-10,13,16,18,21,32H,11-12,14-15,17H2,1H3,(H,35,36,37). The summed E-state index contributed by atoms with van der Waals surface area (Å²) in [5, 5.41) is 7.23. The van der Waals surface area contributed by atoms with E-state index in [2.05, 4.69) is 20.6 Å². The highest BCUT2D eigenvalue weighted by Gasteiger charge is 2.25. The minimum Gasteiger partial charge on any atom is -0.338 e. The van der Waals surface area contributed by atoms with E-state index in [9.17, 15) is 4.79 Å². The van der Waals surface area contributed by atoms with Crippen LogP contribution in [0.15, 0.2) is 78.0 Å². The number of piperidine rings is 1. The Hall–Kier alpha value is -4.14. The van der Waals surface area contributed by atoms with Crippen LogP contribution in [0.4, 0.5) is 11.6 Å². The van der Waals surface area contributed by atoms with Crippen LogP contribution in [-0.2, 0) is 6.54 Å². The van der Waals surface area contributed by atoms with E-state index in [0.29, 0.717) is 34.8 Å². The number of aliphatic imine (C=N–C) groups is 1.